The van der Waals surface area contributed by atoms with E-state index < -0.39 is 0 Å². The normalized spacial score (nSPS) is 11.2. The summed E-state index contributed by atoms with van der Waals surface area (Å²) < 4.78 is 8.52. The second kappa shape index (κ2) is 2.44. The summed E-state index contributed by atoms with van der Waals surface area (Å²) in [6.45, 7) is 0. The van der Waals surface area contributed by atoms with Crippen LogP contribution in [0.15, 0.2) is 24.7 Å². The van der Waals surface area contributed by atoms with E-state index in [4.69, 9.17) is 4.74 Å². The van der Waals surface area contributed by atoms with Crippen LogP contribution in [0.5, 0.6) is 5.88 Å². The molecule has 0 bridgehead atoms. The summed E-state index contributed by atoms with van der Waals surface area (Å²) in [6.07, 6.45) is 5.08. The van der Waals surface area contributed by atoms with Crippen LogP contribution in [0.4, 0.5) is 0 Å². The maximum atomic E-state index is 5.12. The molecule has 6 nitrogen and oxygen atoms in total. The Balaban J connectivity index is 2.51. The van der Waals surface area contributed by atoms with Gasteiger partial charge >= 0.3 is 5.88 Å². The molecule has 70 valence electrons. The summed E-state index contributed by atoms with van der Waals surface area (Å²) in [5.74, 6) is 0.657. The third-order valence-corrected chi connectivity index (χ3v) is 2.04. The van der Waals surface area contributed by atoms with E-state index in [-0.39, 0.29) is 0 Å². The van der Waals surface area contributed by atoms with Crippen LogP contribution in [0.25, 0.3) is 11.3 Å². The summed E-state index contributed by atoms with van der Waals surface area (Å²) in [4.78, 5) is 8.27. The standard InChI is InChI=1S/C8H7N5O/c1-14-6-2-5-12-8-7(11-13(6)12)9-3-4-10-8/h2-5H,1H3. The lowest BCUT2D eigenvalue weighted by Gasteiger charge is -1.87. The molecule has 0 saturated heterocycles. The minimum absolute atomic E-state index is 0.603. The molecular weight excluding hydrogens is 182 g/mol. The van der Waals surface area contributed by atoms with Crippen LogP contribution in [-0.4, -0.2) is 21.6 Å². The van der Waals surface area contributed by atoms with Crippen molar-refractivity contribution in [1.82, 2.24) is 19.6 Å². The summed E-state index contributed by atoms with van der Waals surface area (Å²) in [5.41, 5.74) is 1.32. The van der Waals surface area contributed by atoms with E-state index >= 15 is 0 Å². The highest BCUT2D eigenvalue weighted by Gasteiger charge is 2.12. The topological polar surface area (TPSA) is 57.6 Å². The zero-order valence-corrected chi connectivity index (χ0v) is 7.45. The average Bonchev–Trinajstić information content (AvgIpc) is 2.75. The van der Waals surface area contributed by atoms with Crippen molar-refractivity contribution in [2.75, 3.05) is 7.11 Å². The minimum Gasteiger partial charge on any atom is -0.446 e. The van der Waals surface area contributed by atoms with E-state index in [9.17, 15) is 0 Å². The van der Waals surface area contributed by atoms with Crippen molar-refractivity contribution < 1.29 is 9.37 Å². The molecule has 3 heterocycles. The molecule has 0 radical (unpaired) electrons. The van der Waals surface area contributed by atoms with Crippen molar-refractivity contribution >= 4 is 11.3 Å². The minimum atomic E-state index is 0.603. The molecular formula is C8H7N5O. The van der Waals surface area contributed by atoms with Crippen molar-refractivity contribution in [3.8, 4) is 5.88 Å². The quantitative estimate of drug-likeness (QED) is 0.481. The van der Waals surface area contributed by atoms with Crippen LogP contribution in [-0.2, 0) is 0 Å². The lowest BCUT2D eigenvalue weighted by molar-refractivity contribution is -0.679. The van der Waals surface area contributed by atoms with Gasteiger partial charge in [0.15, 0.2) is 5.65 Å². The van der Waals surface area contributed by atoms with Gasteiger partial charge < -0.3 is 9.72 Å². The highest BCUT2D eigenvalue weighted by molar-refractivity contribution is 5.62. The van der Waals surface area contributed by atoms with Crippen molar-refractivity contribution in [3.05, 3.63) is 24.7 Å². The Kier molecular flexibility index (Phi) is 1.27. The Bertz CT molecular complexity index is 596. The summed E-state index contributed by atoms with van der Waals surface area (Å²) >= 11 is 0. The van der Waals surface area contributed by atoms with Gasteiger partial charge in [0, 0.05) is 12.4 Å². The molecule has 0 aromatic carbocycles. The molecule has 0 atom stereocenters. The maximum absolute atomic E-state index is 5.12. The SMILES string of the molecule is COc1ccn2c3nccnc3[n-][n+]12. The van der Waals surface area contributed by atoms with Crippen LogP contribution in [0.2, 0.25) is 0 Å². The molecule has 6 heteroatoms. The maximum Gasteiger partial charge on any atom is 0.400 e. The second-order valence-corrected chi connectivity index (χ2v) is 2.80. The van der Waals surface area contributed by atoms with Gasteiger partial charge in [-0.05, 0) is 10.8 Å². The molecule has 0 N–H and O–H groups in total. The largest absolute Gasteiger partial charge is 0.446 e. The van der Waals surface area contributed by atoms with E-state index in [1.165, 1.54) is 0 Å². The van der Waals surface area contributed by atoms with Crippen molar-refractivity contribution in [2.45, 2.75) is 0 Å². The Hall–Kier alpha value is -2.11. The van der Waals surface area contributed by atoms with E-state index in [0.717, 1.165) is 5.65 Å². The first-order chi connectivity index (χ1) is 6.90. The molecule has 3 aromatic rings. The van der Waals surface area contributed by atoms with Gasteiger partial charge in [0.25, 0.3) is 0 Å². The summed E-state index contributed by atoms with van der Waals surface area (Å²) in [5, 5.41) is 4.23. The van der Waals surface area contributed by atoms with Gasteiger partial charge in [0.05, 0.1) is 13.2 Å². The third kappa shape index (κ3) is 0.769. The zero-order valence-electron chi connectivity index (χ0n) is 7.45. The molecule has 0 aliphatic heterocycles. The number of hydrogen-bond acceptors (Lipinski definition) is 3. The fourth-order valence-electron chi connectivity index (χ4n) is 1.42. The molecule has 0 amide bonds. The second-order valence-electron chi connectivity index (χ2n) is 2.80. The van der Waals surface area contributed by atoms with E-state index in [0.29, 0.717) is 11.5 Å². The highest BCUT2D eigenvalue weighted by Crippen LogP contribution is 2.06. The van der Waals surface area contributed by atoms with Crippen LogP contribution in [0.1, 0.15) is 0 Å². The number of aromatic nitrogens is 5. The number of rotatable bonds is 1. The number of methoxy groups -OCH3 is 1. The summed E-state index contributed by atoms with van der Waals surface area (Å²) in [6, 6.07) is 1.82. The van der Waals surface area contributed by atoms with E-state index in [1.54, 1.807) is 28.6 Å². The highest BCUT2D eigenvalue weighted by atomic mass is 16.5. The first-order valence-corrected chi connectivity index (χ1v) is 4.11. The van der Waals surface area contributed by atoms with E-state index in [1.807, 2.05) is 12.3 Å². The molecule has 0 saturated carbocycles. The van der Waals surface area contributed by atoms with Gasteiger partial charge in [-0.25, -0.2) is 4.98 Å². The Labute approximate surface area is 78.7 Å². The third-order valence-electron chi connectivity index (χ3n) is 2.04. The molecule has 0 aliphatic carbocycles. The Morgan fingerprint density at radius 1 is 1.43 bits per heavy atom. The van der Waals surface area contributed by atoms with Gasteiger partial charge in [0.1, 0.15) is 5.65 Å². The first kappa shape index (κ1) is 7.31. The molecule has 14 heavy (non-hydrogen) atoms. The van der Waals surface area contributed by atoms with E-state index in [2.05, 4.69) is 15.1 Å². The Morgan fingerprint density at radius 2 is 2.29 bits per heavy atom. The fraction of sp³-hybridized carbons (Fsp3) is 0.125. The van der Waals surface area contributed by atoms with Crippen LogP contribution in [0.3, 0.4) is 0 Å². The van der Waals surface area contributed by atoms with Crippen LogP contribution < -0.4 is 14.5 Å². The molecule has 0 aliphatic rings. The van der Waals surface area contributed by atoms with Gasteiger partial charge in [-0.3, -0.25) is 0 Å². The van der Waals surface area contributed by atoms with Gasteiger partial charge in [-0.1, -0.05) is 5.10 Å². The predicted molar refractivity (Wildman–Crippen MR) is 46.0 cm³/mol. The van der Waals surface area contributed by atoms with Crippen LogP contribution >= 0.6 is 0 Å². The van der Waals surface area contributed by atoms with Crippen molar-refractivity contribution in [1.29, 1.82) is 0 Å². The number of nitrogens with zero attached hydrogens (tertiary/aromatic N) is 5. The molecule has 0 unspecified atom stereocenters. The van der Waals surface area contributed by atoms with Gasteiger partial charge in [0.2, 0.25) is 0 Å². The van der Waals surface area contributed by atoms with Crippen molar-refractivity contribution in [3.63, 3.8) is 0 Å². The molecule has 0 fully saturated rings. The van der Waals surface area contributed by atoms with Gasteiger partial charge in [-0.15, -0.1) is 0 Å². The number of ether oxygens (including phenoxy) is 1. The molecule has 0 spiro atoms. The lowest BCUT2D eigenvalue weighted by atomic mass is 10.6. The smallest absolute Gasteiger partial charge is 0.400 e. The van der Waals surface area contributed by atoms with Crippen molar-refractivity contribution in [2.24, 2.45) is 0 Å². The Morgan fingerprint density at radius 3 is 3.14 bits per heavy atom. The number of fused-ring (bicyclic) bond motifs is 3. The van der Waals surface area contributed by atoms with Crippen LogP contribution in [0, 0.1) is 0 Å². The predicted octanol–water partition coefficient (Wildman–Crippen LogP) is -0.566. The zero-order chi connectivity index (χ0) is 9.54. The van der Waals surface area contributed by atoms with Gasteiger partial charge in [-0.2, -0.15) is 4.52 Å². The lowest BCUT2D eigenvalue weighted by Crippen LogP contribution is -2.31. The molecule has 3 rings (SSSR count). The summed E-state index contributed by atoms with van der Waals surface area (Å²) in [7, 11) is 1.60. The monoisotopic (exact) mass is 189 g/mol. The first-order valence-electron chi connectivity index (χ1n) is 4.11. The molecule has 3 aromatic heterocycles. The average molecular weight is 189 g/mol. The fourth-order valence-corrected chi connectivity index (χ4v) is 1.42. The number of hydrogen-bond donors (Lipinski definition) is 0.